The van der Waals surface area contributed by atoms with Gasteiger partial charge in [0.05, 0.1) is 11.7 Å². The average molecular weight is 415 g/mol. The number of benzene rings is 2. The number of amides is 1. The number of hydrogen-bond acceptors (Lipinski definition) is 5. The van der Waals surface area contributed by atoms with Crippen LogP contribution in [-0.2, 0) is 0 Å². The fourth-order valence-electron chi connectivity index (χ4n) is 3.40. The number of nitrogens with zero attached hydrogens (tertiary/aromatic N) is 4. The number of aryl methyl sites for hydroxylation is 1. The van der Waals surface area contributed by atoms with Crippen molar-refractivity contribution in [2.45, 2.75) is 39.7 Å². The zero-order chi connectivity index (χ0) is 22.0. The molecule has 7 nitrogen and oxygen atoms in total. The van der Waals surface area contributed by atoms with E-state index in [-0.39, 0.29) is 17.9 Å². The SMILES string of the molecule is Cc1nnc(-c2cc(C(C)C)n(-c3cccc(C(=O)NC(C)c4ccccc4)c3)n2)o1. The van der Waals surface area contributed by atoms with Gasteiger partial charge in [0.15, 0.2) is 0 Å². The summed E-state index contributed by atoms with van der Waals surface area (Å²) in [7, 11) is 0. The molecular formula is C24H25N5O2. The highest BCUT2D eigenvalue weighted by Crippen LogP contribution is 2.26. The van der Waals surface area contributed by atoms with E-state index in [0.717, 1.165) is 16.9 Å². The Bertz CT molecular complexity index is 1190. The summed E-state index contributed by atoms with van der Waals surface area (Å²) in [5.41, 5.74) is 4.02. The first-order chi connectivity index (χ1) is 14.9. The molecule has 0 aliphatic heterocycles. The molecule has 0 aliphatic rings. The Hall–Kier alpha value is -3.74. The van der Waals surface area contributed by atoms with Gasteiger partial charge in [0.1, 0.15) is 5.69 Å². The summed E-state index contributed by atoms with van der Waals surface area (Å²) in [6.45, 7) is 7.90. The maximum Gasteiger partial charge on any atom is 0.268 e. The second kappa shape index (κ2) is 8.55. The lowest BCUT2D eigenvalue weighted by atomic mass is 10.1. The molecule has 2 aromatic heterocycles. The number of hydrogen-bond donors (Lipinski definition) is 1. The largest absolute Gasteiger partial charge is 0.420 e. The molecule has 0 radical (unpaired) electrons. The molecule has 2 heterocycles. The van der Waals surface area contributed by atoms with Crippen LogP contribution in [0.4, 0.5) is 0 Å². The molecule has 1 unspecified atom stereocenters. The zero-order valence-electron chi connectivity index (χ0n) is 18.0. The van der Waals surface area contributed by atoms with Crippen molar-refractivity contribution >= 4 is 5.91 Å². The molecule has 1 amide bonds. The maximum atomic E-state index is 12.9. The highest BCUT2D eigenvalue weighted by Gasteiger charge is 2.18. The normalized spacial score (nSPS) is 12.2. The van der Waals surface area contributed by atoms with Gasteiger partial charge in [-0.3, -0.25) is 4.79 Å². The molecule has 0 fully saturated rings. The van der Waals surface area contributed by atoms with E-state index in [4.69, 9.17) is 4.42 Å². The fourth-order valence-corrected chi connectivity index (χ4v) is 3.40. The lowest BCUT2D eigenvalue weighted by Gasteiger charge is -2.15. The summed E-state index contributed by atoms with van der Waals surface area (Å²) in [6.07, 6.45) is 0. The Labute approximate surface area is 181 Å². The van der Waals surface area contributed by atoms with Crippen LogP contribution in [0.2, 0.25) is 0 Å². The average Bonchev–Trinajstić information content (AvgIpc) is 3.41. The van der Waals surface area contributed by atoms with Crippen molar-refractivity contribution < 1.29 is 9.21 Å². The number of rotatable bonds is 6. The van der Waals surface area contributed by atoms with E-state index in [1.165, 1.54) is 0 Å². The smallest absolute Gasteiger partial charge is 0.268 e. The molecule has 0 saturated carbocycles. The van der Waals surface area contributed by atoms with Crippen LogP contribution in [0.15, 0.2) is 65.1 Å². The van der Waals surface area contributed by atoms with Crippen LogP contribution in [0, 0.1) is 6.92 Å². The van der Waals surface area contributed by atoms with Crippen molar-refractivity contribution in [3.63, 3.8) is 0 Å². The van der Waals surface area contributed by atoms with Crippen LogP contribution in [0.25, 0.3) is 17.3 Å². The van der Waals surface area contributed by atoms with Gasteiger partial charge >= 0.3 is 0 Å². The van der Waals surface area contributed by atoms with E-state index in [1.54, 1.807) is 13.0 Å². The van der Waals surface area contributed by atoms with E-state index < -0.39 is 0 Å². The lowest BCUT2D eigenvalue weighted by molar-refractivity contribution is 0.0940. The monoisotopic (exact) mass is 415 g/mol. The molecule has 2 aromatic carbocycles. The van der Waals surface area contributed by atoms with E-state index >= 15 is 0 Å². The molecule has 7 heteroatoms. The van der Waals surface area contributed by atoms with Gasteiger partial charge in [-0.25, -0.2) is 4.68 Å². The number of aromatic nitrogens is 4. The Morgan fingerprint density at radius 2 is 1.77 bits per heavy atom. The summed E-state index contributed by atoms with van der Waals surface area (Å²) in [5.74, 6) is 0.940. The molecule has 1 atom stereocenters. The predicted molar refractivity (Wildman–Crippen MR) is 118 cm³/mol. The summed E-state index contributed by atoms with van der Waals surface area (Å²) < 4.78 is 7.37. The third-order valence-electron chi connectivity index (χ3n) is 5.07. The molecule has 0 spiro atoms. The molecule has 4 aromatic rings. The van der Waals surface area contributed by atoms with E-state index in [1.807, 2.05) is 66.2 Å². The van der Waals surface area contributed by atoms with Crippen LogP contribution in [0.5, 0.6) is 0 Å². The Morgan fingerprint density at radius 1 is 1.00 bits per heavy atom. The summed E-state index contributed by atoms with van der Waals surface area (Å²) in [6, 6.07) is 19.2. The summed E-state index contributed by atoms with van der Waals surface area (Å²) in [4.78, 5) is 12.9. The Morgan fingerprint density at radius 3 is 2.45 bits per heavy atom. The minimum Gasteiger partial charge on any atom is -0.420 e. The minimum absolute atomic E-state index is 0.0966. The highest BCUT2D eigenvalue weighted by atomic mass is 16.4. The maximum absolute atomic E-state index is 12.9. The Kier molecular flexibility index (Phi) is 5.66. The van der Waals surface area contributed by atoms with Crippen molar-refractivity contribution in [1.82, 2.24) is 25.3 Å². The van der Waals surface area contributed by atoms with Gasteiger partial charge < -0.3 is 9.73 Å². The topological polar surface area (TPSA) is 85.8 Å². The first-order valence-electron chi connectivity index (χ1n) is 10.3. The third-order valence-corrected chi connectivity index (χ3v) is 5.07. The van der Waals surface area contributed by atoms with Crippen LogP contribution in [-0.4, -0.2) is 25.9 Å². The fraction of sp³-hybridized carbons (Fsp3) is 0.250. The molecule has 31 heavy (non-hydrogen) atoms. The Balaban J connectivity index is 1.63. The molecule has 4 rings (SSSR count). The number of carbonyl (C=O) groups excluding carboxylic acids is 1. The second-order valence-corrected chi connectivity index (χ2v) is 7.80. The van der Waals surface area contributed by atoms with E-state index in [2.05, 4.69) is 34.5 Å². The third kappa shape index (κ3) is 4.40. The van der Waals surface area contributed by atoms with Crippen molar-refractivity contribution in [2.75, 3.05) is 0 Å². The summed E-state index contributed by atoms with van der Waals surface area (Å²) in [5, 5.41) is 15.7. The second-order valence-electron chi connectivity index (χ2n) is 7.80. The standard InChI is InChI=1S/C24H25N5O2/c1-15(2)22-14-21(24-27-26-17(4)31-24)28-29(22)20-12-8-11-19(13-20)23(30)25-16(3)18-9-6-5-7-10-18/h5-16H,1-4H3,(H,25,30). The molecule has 0 aliphatic carbocycles. The quantitative estimate of drug-likeness (QED) is 0.487. The van der Waals surface area contributed by atoms with E-state index in [9.17, 15) is 4.79 Å². The van der Waals surface area contributed by atoms with Crippen LogP contribution in [0.3, 0.4) is 0 Å². The van der Waals surface area contributed by atoms with Gasteiger partial charge in [0.25, 0.3) is 11.8 Å². The van der Waals surface area contributed by atoms with Gasteiger partial charge in [0.2, 0.25) is 5.89 Å². The van der Waals surface area contributed by atoms with Crippen molar-refractivity contribution in [3.05, 3.63) is 83.4 Å². The van der Waals surface area contributed by atoms with Gasteiger partial charge in [-0.15, -0.1) is 10.2 Å². The molecule has 1 N–H and O–H groups in total. The summed E-state index contributed by atoms with van der Waals surface area (Å²) >= 11 is 0. The van der Waals surface area contributed by atoms with Crippen molar-refractivity contribution in [2.24, 2.45) is 0 Å². The van der Waals surface area contributed by atoms with Crippen LogP contribution < -0.4 is 5.32 Å². The van der Waals surface area contributed by atoms with E-state index in [0.29, 0.717) is 23.0 Å². The number of carbonyl (C=O) groups is 1. The molecule has 0 bridgehead atoms. The lowest BCUT2D eigenvalue weighted by Crippen LogP contribution is -2.26. The number of nitrogens with one attached hydrogen (secondary N) is 1. The zero-order valence-corrected chi connectivity index (χ0v) is 18.0. The van der Waals surface area contributed by atoms with Crippen molar-refractivity contribution in [3.8, 4) is 17.3 Å². The van der Waals surface area contributed by atoms with Gasteiger partial charge in [-0.1, -0.05) is 50.2 Å². The first kappa shape index (κ1) is 20.5. The highest BCUT2D eigenvalue weighted by molar-refractivity contribution is 5.95. The minimum atomic E-state index is -0.135. The van der Waals surface area contributed by atoms with Gasteiger partial charge in [0, 0.05) is 18.2 Å². The van der Waals surface area contributed by atoms with Gasteiger partial charge in [-0.2, -0.15) is 5.10 Å². The van der Waals surface area contributed by atoms with Gasteiger partial charge in [-0.05, 0) is 42.7 Å². The molecular weight excluding hydrogens is 390 g/mol. The van der Waals surface area contributed by atoms with Crippen LogP contribution in [0.1, 0.15) is 60.2 Å². The van der Waals surface area contributed by atoms with Crippen LogP contribution >= 0.6 is 0 Å². The molecule has 0 saturated heterocycles. The molecule has 158 valence electrons. The predicted octanol–water partition coefficient (Wildman–Crippen LogP) is 4.85. The first-order valence-corrected chi connectivity index (χ1v) is 10.3. The van der Waals surface area contributed by atoms with Crippen molar-refractivity contribution in [1.29, 1.82) is 0 Å².